The van der Waals surface area contributed by atoms with Crippen molar-refractivity contribution in [2.45, 2.75) is 39.2 Å². The van der Waals surface area contributed by atoms with Crippen molar-refractivity contribution in [2.75, 3.05) is 6.61 Å². The third-order valence-corrected chi connectivity index (χ3v) is 3.44. The lowest BCUT2D eigenvalue weighted by atomic mass is 10.1. The van der Waals surface area contributed by atoms with Gasteiger partial charge in [0.15, 0.2) is 0 Å². The first-order valence-electron chi connectivity index (χ1n) is 6.52. The first-order valence-corrected chi connectivity index (χ1v) is 6.52. The van der Waals surface area contributed by atoms with Crippen molar-refractivity contribution in [3.63, 3.8) is 0 Å². The highest BCUT2D eigenvalue weighted by atomic mass is 16.5. The molecule has 0 radical (unpaired) electrons. The fraction of sp³-hybridized carbons (Fsp3) is 0.600. The Bertz CT molecular complexity index is 294. The Balaban J connectivity index is 1.57. The zero-order valence-corrected chi connectivity index (χ0v) is 10.2. The number of unbranched alkanes of at least 4 members (excludes halogenated alkanes) is 1. The van der Waals surface area contributed by atoms with Crippen LogP contribution in [-0.2, 0) is 11.3 Å². The summed E-state index contributed by atoms with van der Waals surface area (Å²) in [5.41, 5.74) is 1.29. The molecule has 1 saturated carbocycles. The van der Waals surface area contributed by atoms with Gasteiger partial charge in [-0.15, -0.1) is 0 Å². The minimum atomic E-state index is 0.776. The molecule has 0 amide bonds. The fourth-order valence-electron chi connectivity index (χ4n) is 2.24. The first kappa shape index (κ1) is 11.7. The van der Waals surface area contributed by atoms with Crippen molar-refractivity contribution in [1.29, 1.82) is 0 Å². The average molecular weight is 218 g/mol. The highest BCUT2D eigenvalue weighted by Gasteiger charge is 2.35. The molecule has 1 aliphatic carbocycles. The largest absolute Gasteiger partial charge is 0.376 e. The molecule has 0 saturated heterocycles. The molecule has 1 aromatic rings. The molecule has 0 bridgehead atoms. The third kappa shape index (κ3) is 3.64. The summed E-state index contributed by atoms with van der Waals surface area (Å²) in [6, 6.07) is 10.4. The van der Waals surface area contributed by atoms with Gasteiger partial charge in [-0.25, -0.2) is 0 Å². The number of benzene rings is 1. The van der Waals surface area contributed by atoms with Crippen molar-refractivity contribution in [1.82, 2.24) is 0 Å². The van der Waals surface area contributed by atoms with E-state index in [1.165, 1.54) is 31.2 Å². The van der Waals surface area contributed by atoms with Gasteiger partial charge in [-0.3, -0.25) is 0 Å². The van der Waals surface area contributed by atoms with Crippen molar-refractivity contribution in [3.8, 4) is 0 Å². The Morgan fingerprint density at radius 1 is 1.19 bits per heavy atom. The molecule has 16 heavy (non-hydrogen) atoms. The van der Waals surface area contributed by atoms with E-state index in [1.54, 1.807) is 0 Å². The Kier molecular flexibility index (Phi) is 4.41. The van der Waals surface area contributed by atoms with Gasteiger partial charge in [-0.2, -0.15) is 0 Å². The van der Waals surface area contributed by atoms with E-state index >= 15 is 0 Å². The van der Waals surface area contributed by atoms with Crippen molar-refractivity contribution < 1.29 is 4.74 Å². The highest BCUT2D eigenvalue weighted by Crippen LogP contribution is 2.42. The normalized spacial score (nSPS) is 23.3. The molecule has 1 nitrogen and oxygen atoms in total. The second-order valence-electron chi connectivity index (χ2n) is 4.90. The summed E-state index contributed by atoms with van der Waals surface area (Å²) in [5.74, 6) is 1.82. The highest BCUT2D eigenvalue weighted by molar-refractivity contribution is 5.13. The van der Waals surface area contributed by atoms with E-state index < -0.39 is 0 Å². The predicted octanol–water partition coefficient (Wildman–Crippen LogP) is 4.03. The molecular weight excluding hydrogens is 196 g/mol. The van der Waals surface area contributed by atoms with Gasteiger partial charge in [0.1, 0.15) is 0 Å². The second kappa shape index (κ2) is 6.05. The maximum Gasteiger partial charge on any atom is 0.0717 e. The maximum atomic E-state index is 5.75. The summed E-state index contributed by atoms with van der Waals surface area (Å²) in [4.78, 5) is 0. The number of ether oxygens (including phenoxy) is 1. The molecule has 0 heterocycles. The standard InChI is InChI=1S/C15H22O/c1-2-3-9-14-10-15(14)12-16-11-13-7-5-4-6-8-13/h4-8,14-15H,2-3,9-12H2,1H3. The Morgan fingerprint density at radius 3 is 2.75 bits per heavy atom. The van der Waals surface area contributed by atoms with Crippen LogP contribution in [0, 0.1) is 11.8 Å². The number of hydrogen-bond acceptors (Lipinski definition) is 1. The molecule has 0 N–H and O–H groups in total. The van der Waals surface area contributed by atoms with Gasteiger partial charge in [0.2, 0.25) is 0 Å². The van der Waals surface area contributed by atoms with E-state index in [9.17, 15) is 0 Å². The lowest BCUT2D eigenvalue weighted by molar-refractivity contribution is 0.107. The van der Waals surface area contributed by atoms with Gasteiger partial charge in [0, 0.05) is 0 Å². The van der Waals surface area contributed by atoms with E-state index in [-0.39, 0.29) is 0 Å². The predicted molar refractivity (Wildman–Crippen MR) is 67.2 cm³/mol. The molecule has 2 rings (SSSR count). The monoisotopic (exact) mass is 218 g/mol. The second-order valence-corrected chi connectivity index (χ2v) is 4.90. The summed E-state index contributed by atoms with van der Waals surface area (Å²) in [5, 5.41) is 0. The topological polar surface area (TPSA) is 9.23 Å². The zero-order valence-electron chi connectivity index (χ0n) is 10.2. The third-order valence-electron chi connectivity index (χ3n) is 3.44. The summed E-state index contributed by atoms with van der Waals surface area (Å²) in [7, 11) is 0. The van der Waals surface area contributed by atoms with Crippen LogP contribution in [0.5, 0.6) is 0 Å². The molecule has 2 atom stereocenters. The van der Waals surface area contributed by atoms with Gasteiger partial charge in [0.25, 0.3) is 0 Å². The van der Waals surface area contributed by atoms with E-state index in [4.69, 9.17) is 4.74 Å². The van der Waals surface area contributed by atoms with Crippen LogP contribution in [-0.4, -0.2) is 6.61 Å². The van der Waals surface area contributed by atoms with Crippen LogP contribution in [0.2, 0.25) is 0 Å². The quantitative estimate of drug-likeness (QED) is 0.671. The molecule has 1 fully saturated rings. The smallest absolute Gasteiger partial charge is 0.0717 e. The molecule has 1 heteroatoms. The van der Waals surface area contributed by atoms with E-state index in [1.807, 2.05) is 6.07 Å². The van der Waals surface area contributed by atoms with Gasteiger partial charge in [-0.1, -0.05) is 56.5 Å². The van der Waals surface area contributed by atoms with Crippen LogP contribution in [0.25, 0.3) is 0 Å². The molecule has 2 unspecified atom stereocenters. The lowest BCUT2D eigenvalue weighted by Crippen LogP contribution is -1.98. The van der Waals surface area contributed by atoms with Crippen molar-refractivity contribution in [2.24, 2.45) is 11.8 Å². The SMILES string of the molecule is CCCCC1CC1COCc1ccccc1. The van der Waals surface area contributed by atoms with Crippen molar-refractivity contribution >= 4 is 0 Å². The van der Waals surface area contributed by atoms with E-state index in [2.05, 4.69) is 31.2 Å². The van der Waals surface area contributed by atoms with Crippen LogP contribution < -0.4 is 0 Å². The Labute approximate surface area is 98.8 Å². The van der Waals surface area contributed by atoms with Crippen LogP contribution in [0.4, 0.5) is 0 Å². The minimum absolute atomic E-state index is 0.776. The molecule has 0 aromatic heterocycles. The number of rotatable bonds is 7. The molecule has 88 valence electrons. The zero-order chi connectivity index (χ0) is 11.2. The summed E-state index contributed by atoms with van der Waals surface area (Å²) < 4.78 is 5.75. The van der Waals surface area contributed by atoms with Crippen LogP contribution in [0.15, 0.2) is 30.3 Å². The molecule has 0 spiro atoms. The Morgan fingerprint density at radius 2 is 2.00 bits per heavy atom. The molecule has 1 aliphatic rings. The first-order chi connectivity index (χ1) is 7.90. The summed E-state index contributed by atoms with van der Waals surface area (Å²) >= 11 is 0. The van der Waals surface area contributed by atoms with Crippen LogP contribution in [0.3, 0.4) is 0 Å². The fourth-order valence-corrected chi connectivity index (χ4v) is 2.24. The summed E-state index contributed by atoms with van der Waals surface area (Å²) in [6.45, 7) is 4.00. The van der Waals surface area contributed by atoms with Gasteiger partial charge >= 0.3 is 0 Å². The molecular formula is C15H22O. The van der Waals surface area contributed by atoms with Crippen LogP contribution >= 0.6 is 0 Å². The van der Waals surface area contributed by atoms with Crippen molar-refractivity contribution in [3.05, 3.63) is 35.9 Å². The molecule has 0 aliphatic heterocycles. The number of hydrogen-bond donors (Lipinski definition) is 0. The van der Waals surface area contributed by atoms with Gasteiger partial charge in [0.05, 0.1) is 13.2 Å². The van der Waals surface area contributed by atoms with Crippen LogP contribution in [0.1, 0.15) is 38.2 Å². The van der Waals surface area contributed by atoms with Gasteiger partial charge in [-0.05, 0) is 23.8 Å². The lowest BCUT2D eigenvalue weighted by Gasteiger charge is -2.03. The Hall–Kier alpha value is -0.820. The van der Waals surface area contributed by atoms with Gasteiger partial charge < -0.3 is 4.74 Å². The maximum absolute atomic E-state index is 5.75. The van der Waals surface area contributed by atoms with E-state index in [0.29, 0.717) is 0 Å². The summed E-state index contributed by atoms with van der Waals surface area (Å²) in [6.07, 6.45) is 5.53. The minimum Gasteiger partial charge on any atom is -0.376 e. The average Bonchev–Trinajstić information content (AvgIpc) is 3.07. The van der Waals surface area contributed by atoms with E-state index in [0.717, 1.165) is 25.0 Å². The molecule has 1 aromatic carbocycles.